The second kappa shape index (κ2) is 8.90. The minimum atomic E-state index is 0.223. The Bertz CT molecular complexity index is 976. The van der Waals surface area contributed by atoms with Crippen molar-refractivity contribution in [2.75, 3.05) is 31.5 Å². The second-order valence-corrected chi connectivity index (χ2v) is 10.1. The number of rotatable bonds is 8. The number of anilines is 1. The predicted molar refractivity (Wildman–Crippen MR) is 131 cm³/mol. The quantitative estimate of drug-likeness (QED) is 0.622. The Hall–Kier alpha value is -2.33. The molecule has 2 aromatic rings. The van der Waals surface area contributed by atoms with Crippen molar-refractivity contribution < 1.29 is 4.79 Å². The summed E-state index contributed by atoms with van der Waals surface area (Å²) in [7, 11) is 0. The summed E-state index contributed by atoms with van der Waals surface area (Å²) in [6, 6.07) is 15.8. The van der Waals surface area contributed by atoms with E-state index >= 15 is 0 Å². The van der Waals surface area contributed by atoms with Crippen LogP contribution in [-0.4, -0.2) is 47.9 Å². The number of carbonyl (C=O) groups excluding carboxylic acids is 1. The smallest absolute Gasteiger partial charge is 0.254 e. The Morgan fingerprint density at radius 3 is 2.56 bits per heavy atom. The zero-order chi connectivity index (χ0) is 22.1. The van der Waals surface area contributed by atoms with E-state index in [-0.39, 0.29) is 11.3 Å². The van der Waals surface area contributed by atoms with Crippen LogP contribution in [-0.2, 0) is 18.4 Å². The largest absolute Gasteiger partial charge is 0.382 e. The Kier molecular flexibility index (Phi) is 5.98. The molecule has 0 radical (unpaired) electrons. The third-order valence-electron chi connectivity index (χ3n) is 7.92. The summed E-state index contributed by atoms with van der Waals surface area (Å²) in [5.41, 5.74) is 6.52. The lowest BCUT2D eigenvalue weighted by Crippen LogP contribution is -2.44. The SMILES string of the molecule is CCC(CC)Nc1ccc2c(c1)C(=O)N(CCCN1CCc3ccccc3C1)CC21CC1. The van der Waals surface area contributed by atoms with E-state index in [2.05, 4.69) is 71.4 Å². The first kappa shape index (κ1) is 21.5. The third kappa shape index (κ3) is 4.17. The number of fused-ring (bicyclic) bond motifs is 3. The average molecular weight is 432 g/mol. The fourth-order valence-corrected chi connectivity index (χ4v) is 5.68. The van der Waals surface area contributed by atoms with Gasteiger partial charge in [0.2, 0.25) is 0 Å². The first-order chi connectivity index (χ1) is 15.6. The van der Waals surface area contributed by atoms with Crippen LogP contribution in [0.25, 0.3) is 0 Å². The number of hydrogen-bond acceptors (Lipinski definition) is 3. The topological polar surface area (TPSA) is 35.6 Å². The summed E-state index contributed by atoms with van der Waals surface area (Å²) in [4.78, 5) is 18.1. The van der Waals surface area contributed by atoms with Gasteiger partial charge in [0.25, 0.3) is 5.91 Å². The maximum absolute atomic E-state index is 13.4. The van der Waals surface area contributed by atoms with Crippen molar-refractivity contribution in [3.05, 3.63) is 64.7 Å². The zero-order valence-corrected chi connectivity index (χ0v) is 19.7. The normalized spacial score (nSPS) is 19.2. The second-order valence-electron chi connectivity index (χ2n) is 10.1. The first-order valence-corrected chi connectivity index (χ1v) is 12.6. The molecule has 0 unspecified atom stereocenters. The summed E-state index contributed by atoms with van der Waals surface area (Å²) in [5.74, 6) is 0.231. The van der Waals surface area contributed by atoms with Gasteiger partial charge >= 0.3 is 0 Å². The molecule has 1 aliphatic carbocycles. The molecule has 0 bridgehead atoms. The highest BCUT2D eigenvalue weighted by Crippen LogP contribution is 2.52. The number of carbonyl (C=O) groups is 1. The van der Waals surface area contributed by atoms with Crippen LogP contribution >= 0.6 is 0 Å². The van der Waals surface area contributed by atoms with Crippen molar-refractivity contribution in [2.45, 2.75) is 70.4 Å². The lowest BCUT2D eigenvalue weighted by atomic mass is 9.86. The van der Waals surface area contributed by atoms with E-state index in [4.69, 9.17) is 0 Å². The van der Waals surface area contributed by atoms with Gasteiger partial charge in [-0.25, -0.2) is 0 Å². The number of nitrogens with zero attached hydrogens (tertiary/aromatic N) is 2. The van der Waals surface area contributed by atoms with E-state index in [0.717, 1.165) is 69.7 Å². The minimum Gasteiger partial charge on any atom is -0.382 e. The third-order valence-corrected chi connectivity index (χ3v) is 7.92. The molecular weight excluding hydrogens is 394 g/mol. The molecule has 0 aromatic heterocycles. The zero-order valence-electron chi connectivity index (χ0n) is 19.7. The van der Waals surface area contributed by atoms with Crippen LogP contribution in [0.3, 0.4) is 0 Å². The summed E-state index contributed by atoms with van der Waals surface area (Å²) >= 11 is 0. The Morgan fingerprint density at radius 1 is 1.03 bits per heavy atom. The Labute approximate surface area is 193 Å². The van der Waals surface area contributed by atoms with Crippen molar-refractivity contribution in [2.24, 2.45) is 0 Å². The lowest BCUT2D eigenvalue weighted by molar-refractivity contribution is 0.0703. The van der Waals surface area contributed by atoms with Crippen molar-refractivity contribution >= 4 is 11.6 Å². The molecule has 3 aliphatic rings. The summed E-state index contributed by atoms with van der Waals surface area (Å²) in [6.45, 7) is 9.43. The molecule has 0 atom stereocenters. The Morgan fingerprint density at radius 2 is 1.81 bits per heavy atom. The van der Waals surface area contributed by atoms with Crippen molar-refractivity contribution in [1.82, 2.24) is 9.80 Å². The molecule has 1 spiro atoms. The van der Waals surface area contributed by atoms with E-state index in [1.165, 1.54) is 29.5 Å². The van der Waals surface area contributed by atoms with Crippen LogP contribution in [0.4, 0.5) is 5.69 Å². The van der Waals surface area contributed by atoms with Gasteiger partial charge in [0, 0.05) is 55.4 Å². The van der Waals surface area contributed by atoms with Gasteiger partial charge in [-0.1, -0.05) is 44.2 Å². The molecule has 2 aromatic carbocycles. The summed E-state index contributed by atoms with van der Waals surface area (Å²) < 4.78 is 0. The van der Waals surface area contributed by atoms with Gasteiger partial charge in [0.05, 0.1) is 0 Å². The standard InChI is InChI=1S/C28H37N3O/c1-3-23(4-2)29-24-10-11-26-25(18-24)27(32)31(20-28(26)13-14-28)16-7-15-30-17-12-21-8-5-6-9-22(21)19-30/h5-6,8-11,18,23,29H,3-4,7,12-17,19-20H2,1-2H3. The Balaban J connectivity index is 1.24. The molecule has 0 saturated heterocycles. The fourth-order valence-electron chi connectivity index (χ4n) is 5.68. The van der Waals surface area contributed by atoms with Gasteiger partial charge in [-0.2, -0.15) is 0 Å². The highest BCUT2D eigenvalue weighted by molar-refractivity contribution is 5.98. The minimum absolute atomic E-state index is 0.223. The monoisotopic (exact) mass is 431 g/mol. The molecule has 4 nitrogen and oxygen atoms in total. The number of amides is 1. The molecule has 2 heterocycles. The molecule has 1 saturated carbocycles. The molecular formula is C28H37N3O. The van der Waals surface area contributed by atoms with E-state index < -0.39 is 0 Å². The summed E-state index contributed by atoms with van der Waals surface area (Å²) in [6.07, 6.45) is 6.81. The average Bonchev–Trinajstić information content (AvgIpc) is 3.60. The summed E-state index contributed by atoms with van der Waals surface area (Å²) in [5, 5.41) is 3.63. The fraction of sp³-hybridized carbons (Fsp3) is 0.536. The van der Waals surface area contributed by atoms with Gasteiger partial charge in [0.15, 0.2) is 0 Å². The molecule has 2 aliphatic heterocycles. The highest BCUT2D eigenvalue weighted by atomic mass is 16.2. The maximum atomic E-state index is 13.4. The number of benzene rings is 2. The maximum Gasteiger partial charge on any atom is 0.254 e. The van der Waals surface area contributed by atoms with Crippen LogP contribution in [0.1, 0.15) is 73.0 Å². The van der Waals surface area contributed by atoms with Crippen LogP contribution in [0.15, 0.2) is 42.5 Å². The van der Waals surface area contributed by atoms with Gasteiger partial charge in [0.1, 0.15) is 0 Å². The van der Waals surface area contributed by atoms with Crippen LogP contribution in [0, 0.1) is 0 Å². The van der Waals surface area contributed by atoms with Crippen LogP contribution < -0.4 is 5.32 Å². The van der Waals surface area contributed by atoms with Gasteiger partial charge in [-0.05, 0) is 67.3 Å². The number of nitrogens with one attached hydrogen (secondary N) is 1. The van der Waals surface area contributed by atoms with E-state index in [1.807, 2.05) is 0 Å². The number of hydrogen-bond donors (Lipinski definition) is 1. The van der Waals surface area contributed by atoms with E-state index in [1.54, 1.807) is 0 Å². The molecule has 5 rings (SSSR count). The van der Waals surface area contributed by atoms with E-state index in [9.17, 15) is 4.79 Å². The van der Waals surface area contributed by atoms with Crippen molar-refractivity contribution in [1.29, 1.82) is 0 Å². The van der Waals surface area contributed by atoms with Crippen molar-refractivity contribution in [3.8, 4) is 0 Å². The van der Waals surface area contributed by atoms with Crippen LogP contribution in [0.5, 0.6) is 0 Å². The lowest BCUT2D eigenvalue weighted by Gasteiger charge is -2.36. The first-order valence-electron chi connectivity index (χ1n) is 12.6. The molecule has 4 heteroatoms. The van der Waals surface area contributed by atoms with Gasteiger partial charge in [-0.3, -0.25) is 9.69 Å². The highest BCUT2D eigenvalue weighted by Gasteiger charge is 2.51. The van der Waals surface area contributed by atoms with Gasteiger partial charge < -0.3 is 10.2 Å². The molecule has 1 fully saturated rings. The predicted octanol–water partition coefficient (Wildman–Crippen LogP) is 5.22. The van der Waals surface area contributed by atoms with Crippen molar-refractivity contribution in [3.63, 3.8) is 0 Å². The molecule has 1 N–H and O–H groups in total. The molecule has 1 amide bonds. The van der Waals surface area contributed by atoms with E-state index in [0.29, 0.717) is 6.04 Å². The molecule has 32 heavy (non-hydrogen) atoms. The van der Waals surface area contributed by atoms with Gasteiger partial charge in [-0.15, -0.1) is 0 Å². The molecule has 170 valence electrons. The van der Waals surface area contributed by atoms with Crippen LogP contribution in [0.2, 0.25) is 0 Å².